The van der Waals surface area contributed by atoms with Crippen LogP contribution in [0.3, 0.4) is 0 Å². The van der Waals surface area contributed by atoms with Gasteiger partial charge in [-0.25, -0.2) is 4.98 Å². The Morgan fingerprint density at radius 2 is 2.00 bits per heavy atom. The van der Waals surface area contributed by atoms with Crippen molar-refractivity contribution < 1.29 is 15.0 Å². The van der Waals surface area contributed by atoms with Gasteiger partial charge in [0.2, 0.25) is 0 Å². The van der Waals surface area contributed by atoms with Crippen LogP contribution < -0.4 is 0 Å². The molecule has 1 fully saturated rings. The minimum absolute atomic E-state index is 0.325. The van der Waals surface area contributed by atoms with Crippen LogP contribution in [0.4, 0.5) is 0 Å². The molecule has 0 radical (unpaired) electrons. The molecule has 2 N–H and O–H groups in total. The van der Waals surface area contributed by atoms with E-state index in [0.717, 1.165) is 22.5 Å². The molecule has 2 aromatic heterocycles. The lowest BCUT2D eigenvalue weighted by Crippen LogP contribution is -2.55. The third-order valence-corrected chi connectivity index (χ3v) is 5.77. The molecule has 0 amide bonds. The second-order valence-electron chi connectivity index (χ2n) is 7.83. The fraction of sp³-hybridized carbons (Fsp3) is 0.364. The van der Waals surface area contributed by atoms with E-state index in [1.807, 2.05) is 66.2 Å². The van der Waals surface area contributed by atoms with E-state index in [1.54, 1.807) is 0 Å². The van der Waals surface area contributed by atoms with Gasteiger partial charge in [-0.3, -0.25) is 9.69 Å². The predicted octanol–water partition coefficient (Wildman–Crippen LogP) is 2.52. The normalized spacial score (nSPS) is 23.1. The number of carboxylic acid groups (broad SMARTS) is 1. The smallest absolute Gasteiger partial charge is 0.312 e. The van der Waals surface area contributed by atoms with Gasteiger partial charge >= 0.3 is 5.97 Å². The van der Waals surface area contributed by atoms with Crippen LogP contribution in [0.25, 0.3) is 5.65 Å². The molecule has 0 bridgehead atoms. The molecule has 28 heavy (non-hydrogen) atoms. The molecule has 0 spiro atoms. The summed E-state index contributed by atoms with van der Waals surface area (Å²) in [5, 5.41) is 20.8. The van der Waals surface area contributed by atoms with Crippen molar-refractivity contribution in [3.63, 3.8) is 0 Å². The highest BCUT2D eigenvalue weighted by molar-refractivity contribution is 5.76. The molecule has 1 saturated heterocycles. The number of benzene rings is 1. The molecule has 3 heterocycles. The number of nitrogens with zero attached hydrogens (tertiary/aromatic N) is 3. The van der Waals surface area contributed by atoms with Crippen LogP contribution in [0.15, 0.2) is 54.9 Å². The number of carboxylic acids is 1. The van der Waals surface area contributed by atoms with Crippen molar-refractivity contribution in [2.24, 2.45) is 5.41 Å². The van der Waals surface area contributed by atoms with Crippen LogP contribution in [-0.2, 0) is 17.8 Å². The average molecular weight is 379 g/mol. The molecule has 1 aliphatic heterocycles. The molecule has 1 aromatic carbocycles. The van der Waals surface area contributed by atoms with E-state index in [2.05, 4.69) is 9.88 Å². The fourth-order valence-corrected chi connectivity index (χ4v) is 4.13. The highest BCUT2D eigenvalue weighted by atomic mass is 16.4. The summed E-state index contributed by atoms with van der Waals surface area (Å²) in [5.41, 5.74) is 2.77. The summed E-state index contributed by atoms with van der Waals surface area (Å²) in [5.74, 6) is -0.924. The number of carbonyl (C=O) groups is 1. The Kier molecular flexibility index (Phi) is 4.91. The van der Waals surface area contributed by atoms with Crippen molar-refractivity contribution in [1.29, 1.82) is 0 Å². The van der Waals surface area contributed by atoms with E-state index in [9.17, 15) is 15.0 Å². The molecule has 0 unspecified atom stereocenters. The fourth-order valence-electron chi connectivity index (χ4n) is 4.13. The Morgan fingerprint density at radius 1 is 1.21 bits per heavy atom. The maximum absolute atomic E-state index is 12.1. The molecule has 4 rings (SSSR count). The third-order valence-electron chi connectivity index (χ3n) is 5.77. The summed E-state index contributed by atoms with van der Waals surface area (Å²) in [4.78, 5) is 18.8. The molecule has 0 aliphatic carbocycles. The van der Waals surface area contributed by atoms with Gasteiger partial charge in [-0.05, 0) is 43.5 Å². The topological polar surface area (TPSA) is 78.1 Å². The van der Waals surface area contributed by atoms with Crippen LogP contribution >= 0.6 is 0 Å². The zero-order valence-corrected chi connectivity index (χ0v) is 16.0. The van der Waals surface area contributed by atoms with Gasteiger partial charge in [0.25, 0.3) is 0 Å². The van der Waals surface area contributed by atoms with Gasteiger partial charge in [0.1, 0.15) is 11.1 Å². The quantitative estimate of drug-likeness (QED) is 0.712. The van der Waals surface area contributed by atoms with Gasteiger partial charge in [-0.15, -0.1) is 0 Å². The zero-order chi connectivity index (χ0) is 19.7. The lowest BCUT2D eigenvalue weighted by Gasteiger charge is -2.42. The number of aryl methyl sites for hydroxylation is 1. The van der Waals surface area contributed by atoms with Crippen LogP contribution in [0.5, 0.6) is 0 Å². The number of likely N-dealkylation sites (tertiary alicyclic amines) is 1. The minimum Gasteiger partial charge on any atom is -0.481 e. The third kappa shape index (κ3) is 3.53. The van der Waals surface area contributed by atoms with E-state index >= 15 is 0 Å². The standard InChI is InChI=1S/C22H25N3O3/c1-16-7-8-20-23-18(14-25(20)12-16)13-24-10-9-22(21(27)28,19(26)15-24)11-17-5-3-2-4-6-17/h2-8,12,14,19,26H,9-11,13,15H2,1H3,(H,27,28)/t19-,22+/m0/s1. The van der Waals surface area contributed by atoms with E-state index in [0.29, 0.717) is 32.5 Å². The van der Waals surface area contributed by atoms with Crippen molar-refractivity contribution in [1.82, 2.24) is 14.3 Å². The summed E-state index contributed by atoms with van der Waals surface area (Å²) in [6, 6.07) is 13.6. The first-order chi connectivity index (χ1) is 13.5. The minimum atomic E-state index is -1.14. The number of aliphatic carboxylic acids is 1. The number of pyridine rings is 1. The Balaban J connectivity index is 1.49. The van der Waals surface area contributed by atoms with Crippen LogP contribution in [-0.4, -0.2) is 49.7 Å². The molecular weight excluding hydrogens is 354 g/mol. The second-order valence-corrected chi connectivity index (χ2v) is 7.83. The van der Waals surface area contributed by atoms with Crippen LogP contribution in [0.2, 0.25) is 0 Å². The summed E-state index contributed by atoms with van der Waals surface area (Å²) in [6.07, 6.45) is 3.85. The Labute approximate surface area is 164 Å². The predicted molar refractivity (Wildman–Crippen MR) is 106 cm³/mol. The number of hydrogen-bond donors (Lipinski definition) is 2. The SMILES string of the molecule is Cc1ccc2nc(CN3CC[C@](Cc4ccccc4)(C(=O)O)[C@@H](O)C3)cn2c1. The van der Waals surface area contributed by atoms with E-state index in [-0.39, 0.29) is 0 Å². The molecule has 6 heteroatoms. The van der Waals surface area contributed by atoms with Gasteiger partial charge in [-0.1, -0.05) is 36.4 Å². The van der Waals surface area contributed by atoms with Crippen molar-refractivity contribution >= 4 is 11.6 Å². The van der Waals surface area contributed by atoms with E-state index < -0.39 is 17.5 Å². The lowest BCUT2D eigenvalue weighted by atomic mass is 9.71. The van der Waals surface area contributed by atoms with Crippen molar-refractivity contribution in [2.45, 2.75) is 32.4 Å². The first-order valence-corrected chi connectivity index (χ1v) is 9.58. The lowest BCUT2D eigenvalue weighted by molar-refractivity contribution is -0.163. The monoisotopic (exact) mass is 379 g/mol. The molecule has 3 aromatic rings. The number of hydrogen-bond acceptors (Lipinski definition) is 4. The van der Waals surface area contributed by atoms with Crippen LogP contribution in [0.1, 0.15) is 23.2 Å². The van der Waals surface area contributed by atoms with E-state index in [4.69, 9.17) is 0 Å². The maximum Gasteiger partial charge on any atom is 0.312 e. The van der Waals surface area contributed by atoms with Crippen molar-refractivity contribution in [3.05, 3.63) is 71.7 Å². The first-order valence-electron chi connectivity index (χ1n) is 9.58. The Hall–Kier alpha value is -2.70. The van der Waals surface area contributed by atoms with Crippen LogP contribution in [0, 0.1) is 12.3 Å². The highest BCUT2D eigenvalue weighted by Crippen LogP contribution is 2.36. The van der Waals surface area contributed by atoms with Crippen molar-refractivity contribution in [3.8, 4) is 0 Å². The Bertz CT molecular complexity index is 985. The molecule has 0 saturated carbocycles. The Morgan fingerprint density at radius 3 is 2.71 bits per heavy atom. The second kappa shape index (κ2) is 7.37. The molecule has 6 nitrogen and oxygen atoms in total. The largest absolute Gasteiger partial charge is 0.481 e. The summed E-state index contributed by atoms with van der Waals surface area (Å²) in [7, 11) is 0. The molecule has 2 atom stereocenters. The highest BCUT2D eigenvalue weighted by Gasteiger charge is 2.48. The summed E-state index contributed by atoms with van der Waals surface area (Å²) < 4.78 is 2.00. The number of rotatable bonds is 5. The number of piperidine rings is 1. The first kappa shape index (κ1) is 18.7. The van der Waals surface area contributed by atoms with Gasteiger partial charge in [0, 0.05) is 25.5 Å². The number of aliphatic hydroxyl groups excluding tert-OH is 1. The summed E-state index contributed by atoms with van der Waals surface area (Å²) >= 11 is 0. The zero-order valence-electron chi connectivity index (χ0n) is 16.0. The summed E-state index contributed by atoms with van der Waals surface area (Å²) in [6.45, 7) is 3.58. The average Bonchev–Trinajstić information content (AvgIpc) is 3.06. The maximum atomic E-state index is 12.1. The number of imidazole rings is 1. The number of aromatic nitrogens is 2. The van der Waals surface area contributed by atoms with Gasteiger partial charge < -0.3 is 14.6 Å². The van der Waals surface area contributed by atoms with Gasteiger partial charge in [0.15, 0.2) is 0 Å². The molecule has 1 aliphatic rings. The number of β-amino-alcohol motifs (C(OH)–C–C–N with tert-alkyl or cyclic N) is 1. The van der Waals surface area contributed by atoms with Crippen molar-refractivity contribution in [2.75, 3.05) is 13.1 Å². The van der Waals surface area contributed by atoms with Gasteiger partial charge in [-0.2, -0.15) is 0 Å². The van der Waals surface area contributed by atoms with Gasteiger partial charge in [0.05, 0.1) is 11.8 Å². The molecular formula is C22H25N3O3. The number of aliphatic hydroxyl groups is 1. The van der Waals surface area contributed by atoms with E-state index in [1.165, 1.54) is 0 Å². The molecule has 146 valence electrons. The number of fused-ring (bicyclic) bond motifs is 1.